The summed E-state index contributed by atoms with van der Waals surface area (Å²) in [6.07, 6.45) is 5.53. The van der Waals surface area contributed by atoms with E-state index in [0.29, 0.717) is 31.2 Å². The van der Waals surface area contributed by atoms with Gasteiger partial charge in [-0.05, 0) is 75.2 Å². The van der Waals surface area contributed by atoms with Crippen molar-refractivity contribution in [2.24, 2.45) is 45.8 Å². The second-order valence-electron chi connectivity index (χ2n) is 13.8. The van der Waals surface area contributed by atoms with E-state index in [4.69, 9.17) is 21.1 Å². The summed E-state index contributed by atoms with van der Waals surface area (Å²) in [6.45, 7) is 11.4. The van der Waals surface area contributed by atoms with Crippen LogP contribution in [0.1, 0.15) is 79.1 Å². The molecule has 5 aliphatic rings. The van der Waals surface area contributed by atoms with Gasteiger partial charge in [0.05, 0.1) is 12.0 Å². The van der Waals surface area contributed by atoms with Crippen molar-refractivity contribution in [1.29, 1.82) is 0 Å². The van der Waals surface area contributed by atoms with Crippen LogP contribution in [0, 0.1) is 45.8 Å². The molecule has 3 aliphatic carbocycles. The van der Waals surface area contributed by atoms with Crippen LogP contribution in [0.5, 0.6) is 0 Å². The molecule has 3 unspecified atom stereocenters. The van der Waals surface area contributed by atoms with Gasteiger partial charge in [-0.2, -0.15) is 0 Å². The Kier molecular flexibility index (Phi) is 7.71. The van der Waals surface area contributed by atoms with Crippen molar-refractivity contribution in [2.75, 3.05) is 32.6 Å². The maximum Gasteiger partial charge on any atom is 0.414 e. The van der Waals surface area contributed by atoms with Crippen LogP contribution in [0.15, 0.2) is 0 Å². The first kappa shape index (κ1) is 28.4. The number of amides is 2. The number of halogens is 1. The third-order valence-corrected chi connectivity index (χ3v) is 12.4. The average Bonchev–Trinajstić information content (AvgIpc) is 3.63. The lowest BCUT2D eigenvalue weighted by molar-refractivity contribution is -0.192. The highest BCUT2D eigenvalue weighted by Gasteiger charge is 2.68. The van der Waals surface area contributed by atoms with Gasteiger partial charge in [0, 0.05) is 48.7 Å². The number of nitrogens with zero attached hydrogens (tertiary/aromatic N) is 1. The molecule has 4 bridgehead atoms. The number of hydrogen-bond donors (Lipinski definition) is 1. The molecule has 2 heterocycles. The number of piperidine rings is 1. The van der Waals surface area contributed by atoms with Crippen LogP contribution in [0.4, 0.5) is 4.79 Å². The highest BCUT2D eigenvalue weighted by molar-refractivity contribution is 6.17. The zero-order valence-corrected chi connectivity index (χ0v) is 24.6. The Morgan fingerprint density at radius 3 is 2.50 bits per heavy atom. The molecular weight excluding hydrogens is 504 g/mol. The number of alkyl halides is 1. The second kappa shape index (κ2) is 10.3. The second-order valence-corrected chi connectivity index (χ2v) is 14.1. The molecule has 0 aromatic heterocycles. The number of imide groups is 1. The number of methoxy groups -OCH3 is 1. The molecule has 0 aromatic rings. The predicted molar refractivity (Wildman–Crippen MR) is 146 cm³/mol. The van der Waals surface area contributed by atoms with E-state index >= 15 is 0 Å². The first-order valence-corrected chi connectivity index (χ1v) is 15.4. The molecule has 11 atom stereocenters. The zero-order chi connectivity index (χ0) is 27.5. The van der Waals surface area contributed by atoms with E-state index in [1.165, 1.54) is 0 Å². The summed E-state index contributed by atoms with van der Waals surface area (Å²) in [4.78, 5) is 43.1. The molecule has 0 aromatic carbocycles. The number of alkyl carbamates (subject to hydrolysis) is 1. The Hall–Kier alpha value is -1.18. The van der Waals surface area contributed by atoms with Gasteiger partial charge in [0.15, 0.2) is 0 Å². The summed E-state index contributed by atoms with van der Waals surface area (Å²) in [6, 6.07) is 0. The standard InChI is InChI=1S/C30H47ClN2O5/c1-18-7-11-30-12-8-22(37-5)24(30)29(18,4)23(15-28(3,10-6-13-31)25(34)19(30)2)38-27(36)32-26(35)21-17-33-14-9-20(21)16-33/h18-24H,6-17H2,1-5H3,(H,32,35,36)/t18-,19+,20-,21+,22-,23-,24?,28-,29+,30?/m1/s1. The van der Waals surface area contributed by atoms with E-state index in [1.54, 1.807) is 7.11 Å². The van der Waals surface area contributed by atoms with Crippen molar-refractivity contribution in [3.8, 4) is 0 Å². The normalized spacial score (nSPS) is 47.8. The van der Waals surface area contributed by atoms with Crippen LogP contribution >= 0.6 is 11.6 Å². The van der Waals surface area contributed by atoms with Gasteiger partial charge in [-0.25, -0.2) is 4.79 Å². The molecule has 5 fully saturated rings. The average molecular weight is 551 g/mol. The van der Waals surface area contributed by atoms with Crippen LogP contribution in [-0.2, 0) is 19.1 Å². The zero-order valence-electron chi connectivity index (χ0n) is 23.9. The summed E-state index contributed by atoms with van der Waals surface area (Å²) < 4.78 is 12.4. The molecule has 38 heavy (non-hydrogen) atoms. The Morgan fingerprint density at radius 1 is 1.13 bits per heavy atom. The van der Waals surface area contributed by atoms with Crippen molar-refractivity contribution in [1.82, 2.24) is 10.2 Å². The van der Waals surface area contributed by atoms with Gasteiger partial charge >= 0.3 is 6.09 Å². The molecule has 2 saturated heterocycles. The maximum absolute atomic E-state index is 14.3. The summed E-state index contributed by atoms with van der Waals surface area (Å²) in [5.74, 6) is 0.979. The number of ketones is 1. The van der Waals surface area contributed by atoms with Crippen molar-refractivity contribution in [2.45, 2.75) is 91.3 Å². The maximum atomic E-state index is 14.3. The van der Waals surface area contributed by atoms with E-state index in [2.05, 4.69) is 31.0 Å². The highest BCUT2D eigenvalue weighted by atomic mass is 35.5. The third kappa shape index (κ3) is 4.34. The first-order valence-electron chi connectivity index (χ1n) is 14.9. The van der Waals surface area contributed by atoms with E-state index in [1.807, 2.05) is 6.92 Å². The largest absolute Gasteiger partial charge is 0.445 e. The van der Waals surface area contributed by atoms with Crippen LogP contribution < -0.4 is 5.32 Å². The van der Waals surface area contributed by atoms with Gasteiger partial charge < -0.3 is 14.4 Å². The van der Waals surface area contributed by atoms with E-state index in [0.717, 1.165) is 51.6 Å². The molecule has 0 radical (unpaired) electrons. The van der Waals surface area contributed by atoms with Crippen molar-refractivity contribution in [3.05, 3.63) is 0 Å². The topological polar surface area (TPSA) is 84.9 Å². The van der Waals surface area contributed by atoms with Crippen molar-refractivity contribution in [3.63, 3.8) is 0 Å². The quantitative estimate of drug-likeness (QED) is 0.466. The molecule has 0 spiro atoms. The predicted octanol–water partition coefficient (Wildman–Crippen LogP) is 5.04. The van der Waals surface area contributed by atoms with E-state index < -0.39 is 17.6 Å². The highest BCUT2D eigenvalue weighted by Crippen LogP contribution is 2.69. The minimum Gasteiger partial charge on any atom is -0.445 e. The first-order chi connectivity index (χ1) is 18.0. The van der Waals surface area contributed by atoms with Gasteiger partial charge in [0.25, 0.3) is 0 Å². The molecule has 3 saturated carbocycles. The van der Waals surface area contributed by atoms with Crippen LogP contribution in [0.3, 0.4) is 0 Å². The number of Topliss-reactive ketones (excluding diaryl/α,β-unsaturated/α-hetero) is 1. The fraction of sp³-hybridized carbons (Fsp3) is 0.900. The Balaban J connectivity index is 1.48. The Labute approximate surface area is 233 Å². The smallest absolute Gasteiger partial charge is 0.414 e. The lowest BCUT2D eigenvalue weighted by Gasteiger charge is -2.61. The molecule has 1 N–H and O–H groups in total. The fourth-order valence-electron chi connectivity index (χ4n) is 9.78. The summed E-state index contributed by atoms with van der Waals surface area (Å²) >= 11 is 6.11. The molecular formula is C30H47ClN2O5. The number of nitrogens with one attached hydrogen (secondary N) is 1. The lowest BCUT2D eigenvalue weighted by Crippen LogP contribution is -2.63. The van der Waals surface area contributed by atoms with Gasteiger partial charge in [0.2, 0.25) is 5.91 Å². The van der Waals surface area contributed by atoms with Crippen LogP contribution in [0.25, 0.3) is 0 Å². The Morgan fingerprint density at radius 2 is 1.87 bits per heavy atom. The van der Waals surface area contributed by atoms with Gasteiger partial charge in [-0.1, -0.05) is 27.7 Å². The van der Waals surface area contributed by atoms with Gasteiger partial charge in [0.1, 0.15) is 11.9 Å². The molecule has 7 nitrogen and oxygen atoms in total. The molecule has 8 heteroatoms. The monoisotopic (exact) mass is 550 g/mol. The summed E-state index contributed by atoms with van der Waals surface area (Å²) in [7, 11) is 1.77. The van der Waals surface area contributed by atoms with Crippen molar-refractivity contribution < 1.29 is 23.9 Å². The number of rotatable bonds is 6. The number of carbonyl (C=O) groups is 3. The minimum absolute atomic E-state index is 0.0177. The van der Waals surface area contributed by atoms with Crippen molar-refractivity contribution >= 4 is 29.4 Å². The lowest BCUT2D eigenvalue weighted by atomic mass is 9.43. The molecule has 2 amide bonds. The minimum atomic E-state index is -0.671. The van der Waals surface area contributed by atoms with Gasteiger partial charge in [-0.3, -0.25) is 14.9 Å². The van der Waals surface area contributed by atoms with Gasteiger partial charge in [-0.15, -0.1) is 11.6 Å². The number of fused-ring (bicyclic) bond motifs is 2. The molecule has 2 aliphatic heterocycles. The van der Waals surface area contributed by atoms with E-state index in [9.17, 15) is 14.4 Å². The Bertz CT molecular complexity index is 961. The SMILES string of the molecule is CO[C@@H]1CCC23CC[C@@H](C)[C@](C)(C12)[C@H](OC(=O)NC(=O)[C@H]1CN2CC[C@@H]1C2)C[C@@](C)(CCCCl)C(=O)[C@@H]3C. The van der Waals surface area contributed by atoms with Crippen LogP contribution in [0.2, 0.25) is 0 Å². The molecule has 214 valence electrons. The van der Waals surface area contributed by atoms with E-state index in [-0.39, 0.29) is 52.3 Å². The fourth-order valence-corrected chi connectivity index (χ4v) is 9.91. The molecule has 5 rings (SSSR count). The number of carbonyl (C=O) groups excluding carboxylic acids is 3. The van der Waals surface area contributed by atoms with Crippen LogP contribution in [-0.4, -0.2) is 67.5 Å². The summed E-state index contributed by atoms with van der Waals surface area (Å²) in [5.41, 5.74) is -1.21. The summed E-state index contributed by atoms with van der Waals surface area (Å²) in [5, 5.41) is 2.61. The number of hydrogen-bond acceptors (Lipinski definition) is 6. The third-order valence-electron chi connectivity index (χ3n) is 12.1. The number of ether oxygens (including phenoxy) is 2.